The zero-order valence-corrected chi connectivity index (χ0v) is 17.7. The first kappa shape index (κ1) is 20.6. The summed E-state index contributed by atoms with van der Waals surface area (Å²) in [5.74, 6) is 0.895. The summed E-state index contributed by atoms with van der Waals surface area (Å²) in [6.45, 7) is 7.13. The van der Waals surface area contributed by atoms with Gasteiger partial charge in [-0.15, -0.1) is 0 Å². The van der Waals surface area contributed by atoms with Crippen LogP contribution in [0.15, 0.2) is 60.0 Å². The molecule has 1 amide bonds. The topological polar surface area (TPSA) is 80.0 Å². The molecule has 0 saturated carbocycles. The van der Waals surface area contributed by atoms with Gasteiger partial charge in [0.25, 0.3) is 11.8 Å². The Labute approximate surface area is 180 Å². The second kappa shape index (κ2) is 8.59. The van der Waals surface area contributed by atoms with Crippen LogP contribution in [-0.4, -0.2) is 53.0 Å². The van der Waals surface area contributed by atoms with Gasteiger partial charge in [-0.05, 0) is 31.9 Å². The maximum atomic E-state index is 12.8. The summed E-state index contributed by atoms with van der Waals surface area (Å²) < 4.78 is 7.28. The fourth-order valence-electron chi connectivity index (χ4n) is 3.65. The van der Waals surface area contributed by atoms with Crippen LogP contribution in [0.4, 0.5) is 11.5 Å². The third kappa shape index (κ3) is 4.01. The molecule has 8 nitrogen and oxygen atoms in total. The van der Waals surface area contributed by atoms with Crippen molar-refractivity contribution in [3.8, 4) is 5.75 Å². The molecule has 0 atom stereocenters. The highest BCUT2D eigenvalue weighted by Crippen LogP contribution is 2.35. The van der Waals surface area contributed by atoms with Crippen LogP contribution < -0.4 is 15.1 Å². The van der Waals surface area contributed by atoms with Crippen LogP contribution in [0, 0.1) is 0 Å². The van der Waals surface area contributed by atoms with Crippen LogP contribution in [0.3, 0.4) is 0 Å². The van der Waals surface area contributed by atoms with Gasteiger partial charge >= 0.3 is 0 Å². The van der Waals surface area contributed by atoms with Crippen LogP contribution in [0.2, 0.25) is 0 Å². The molecule has 2 aliphatic rings. The van der Waals surface area contributed by atoms with Gasteiger partial charge in [-0.2, -0.15) is 0 Å². The molecule has 0 spiro atoms. The number of pyridine rings is 2. The average molecular weight is 419 g/mol. The molecule has 31 heavy (non-hydrogen) atoms. The van der Waals surface area contributed by atoms with Crippen molar-refractivity contribution in [2.45, 2.75) is 19.8 Å². The first-order valence-corrected chi connectivity index (χ1v) is 10.2. The van der Waals surface area contributed by atoms with Gasteiger partial charge in [-0.1, -0.05) is 12.7 Å². The van der Waals surface area contributed by atoms with E-state index < -0.39 is 0 Å². The summed E-state index contributed by atoms with van der Waals surface area (Å²) in [4.78, 5) is 37.6. The normalized spacial score (nSPS) is 16.0. The molecule has 2 aliphatic heterocycles. The first-order valence-electron chi connectivity index (χ1n) is 10.2. The number of allylic oxidation sites excluding steroid dienone is 2. The molecule has 0 N–H and O–H groups in total. The second-order valence-corrected chi connectivity index (χ2v) is 7.49. The molecule has 0 bridgehead atoms. The molecule has 0 aromatic carbocycles. The van der Waals surface area contributed by atoms with Gasteiger partial charge in [0.1, 0.15) is 12.1 Å². The molecule has 4 heterocycles. The molecule has 160 valence electrons. The maximum absolute atomic E-state index is 12.8. The van der Waals surface area contributed by atoms with Crippen molar-refractivity contribution in [2.24, 2.45) is 4.99 Å². The van der Waals surface area contributed by atoms with E-state index in [0.29, 0.717) is 47.9 Å². The van der Waals surface area contributed by atoms with Crippen LogP contribution in [0.5, 0.6) is 5.75 Å². The van der Waals surface area contributed by atoms with Gasteiger partial charge in [-0.25, -0.2) is 4.98 Å². The Hall–Kier alpha value is -3.68. The van der Waals surface area contributed by atoms with Gasteiger partial charge in [0.05, 0.1) is 12.1 Å². The molecule has 0 fully saturated rings. The van der Waals surface area contributed by atoms with Gasteiger partial charge in [-0.3, -0.25) is 19.1 Å². The van der Waals surface area contributed by atoms with Crippen molar-refractivity contribution in [1.82, 2.24) is 14.5 Å². The summed E-state index contributed by atoms with van der Waals surface area (Å²) in [6, 6.07) is 5.41. The maximum Gasteiger partial charge on any atom is 0.259 e. The number of carbonyl (C=O) groups is 2. The van der Waals surface area contributed by atoms with Crippen LogP contribution >= 0.6 is 0 Å². The standard InChI is InChI=1S/C23H25N5O3/c1-16(2)22(29)28-10-7-18(14-20(28)24-3)27-11-12-31-19-13-17(15-25-21(19)27)23(30)26-8-5-4-6-9-26/h5,7-8,10,13-15H,1,4,6,9,11-12H2,2-3H3/b24-20-. The quantitative estimate of drug-likeness (QED) is 0.715. The van der Waals surface area contributed by atoms with E-state index in [1.165, 1.54) is 4.57 Å². The number of ether oxygens (including phenoxy) is 1. The highest BCUT2D eigenvalue weighted by molar-refractivity contribution is 5.96. The van der Waals surface area contributed by atoms with E-state index >= 15 is 0 Å². The Bertz CT molecular complexity index is 1150. The lowest BCUT2D eigenvalue weighted by molar-refractivity contribution is 0.0814. The van der Waals surface area contributed by atoms with Crippen LogP contribution in [0.25, 0.3) is 0 Å². The van der Waals surface area contributed by atoms with Gasteiger partial charge in [0, 0.05) is 49.5 Å². The zero-order valence-electron chi connectivity index (χ0n) is 17.7. The van der Waals surface area contributed by atoms with Crippen molar-refractivity contribution in [3.05, 3.63) is 66.1 Å². The third-order valence-corrected chi connectivity index (χ3v) is 5.27. The molecular formula is C23H25N5O3. The number of nitrogens with zero attached hydrogens (tertiary/aromatic N) is 5. The van der Waals surface area contributed by atoms with E-state index in [0.717, 1.165) is 18.5 Å². The number of fused-ring (bicyclic) bond motifs is 1. The largest absolute Gasteiger partial charge is 0.488 e. The van der Waals surface area contributed by atoms with Crippen molar-refractivity contribution in [3.63, 3.8) is 0 Å². The molecule has 2 aromatic rings. The minimum absolute atomic E-state index is 0.0851. The third-order valence-electron chi connectivity index (χ3n) is 5.27. The highest BCUT2D eigenvalue weighted by atomic mass is 16.5. The van der Waals surface area contributed by atoms with E-state index in [4.69, 9.17) is 4.74 Å². The lowest BCUT2D eigenvalue weighted by atomic mass is 10.1. The lowest BCUT2D eigenvalue weighted by Crippen LogP contribution is -2.33. The number of amides is 1. The predicted octanol–water partition coefficient (Wildman–Crippen LogP) is 2.91. The van der Waals surface area contributed by atoms with Gasteiger partial charge < -0.3 is 14.5 Å². The molecule has 4 rings (SSSR count). The number of hydrogen-bond acceptors (Lipinski definition) is 6. The van der Waals surface area contributed by atoms with Crippen LogP contribution in [-0.2, 0) is 0 Å². The molecule has 8 heteroatoms. The zero-order chi connectivity index (χ0) is 22.0. The van der Waals surface area contributed by atoms with Crippen molar-refractivity contribution in [2.75, 3.05) is 31.6 Å². The summed E-state index contributed by atoms with van der Waals surface area (Å²) in [7, 11) is 1.64. The van der Waals surface area contributed by atoms with E-state index in [2.05, 4.69) is 16.6 Å². The molecular weight excluding hydrogens is 394 g/mol. The Morgan fingerprint density at radius 3 is 2.81 bits per heavy atom. The van der Waals surface area contributed by atoms with E-state index in [1.54, 1.807) is 37.3 Å². The Balaban J connectivity index is 1.67. The number of aromatic nitrogens is 2. The van der Waals surface area contributed by atoms with E-state index in [1.807, 2.05) is 29.3 Å². The SMILES string of the molecule is C=C(C)C(=O)n1ccc(N2CCOc3cc(C(=O)N4C=CCCC4)cnc32)c/c1=N/C. The van der Waals surface area contributed by atoms with E-state index in [9.17, 15) is 9.59 Å². The molecule has 0 unspecified atom stereocenters. The van der Waals surface area contributed by atoms with Crippen LogP contribution in [0.1, 0.15) is 34.9 Å². The minimum Gasteiger partial charge on any atom is -0.488 e. The second-order valence-electron chi connectivity index (χ2n) is 7.49. The molecule has 0 aliphatic carbocycles. The first-order chi connectivity index (χ1) is 15.0. The number of carbonyl (C=O) groups excluding carboxylic acids is 2. The van der Waals surface area contributed by atoms with Gasteiger partial charge in [0.2, 0.25) is 0 Å². The monoisotopic (exact) mass is 419 g/mol. The number of rotatable bonds is 3. The highest BCUT2D eigenvalue weighted by Gasteiger charge is 2.25. The van der Waals surface area contributed by atoms with Crippen molar-refractivity contribution in [1.29, 1.82) is 0 Å². The smallest absolute Gasteiger partial charge is 0.259 e. The molecule has 2 aromatic heterocycles. The minimum atomic E-state index is -0.206. The Kier molecular flexibility index (Phi) is 5.70. The summed E-state index contributed by atoms with van der Waals surface area (Å²) >= 11 is 0. The van der Waals surface area contributed by atoms with Gasteiger partial charge in [0.15, 0.2) is 11.6 Å². The fourth-order valence-corrected chi connectivity index (χ4v) is 3.65. The average Bonchev–Trinajstić information content (AvgIpc) is 2.82. The summed E-state index contributed by atoms with van der Waals surface area (Å²) in [6.07, 6.45) is 9.05. The molecule has 0 radical (unpaired) electrons. The fraction of sp³-hybridized carbons (Fsp3) is 0.304. The van der Waals surface area contributed by atoms with E-state index in [-0.39, 0.29) is 11.8 Å². The predicted molar refractivity (Wildman–Crippen MR) is 118 cm³/mol. The van der Waals surface area contributed by atoms with Crippen molar-refractivity contribution < 1.29 is 14.3 Å². The molecule has 0 saturated heterocycles. The van der Waals surface area contributed by atoms with Crippen molar-refractivity contribution >= 4 is 23.3 Å². The summed E-state index contributed by atoms with van der Waals surface area (Å²) in [5, 5.41) is 0. The summed E-state index contributed by atoms with van der Waals surface area (Å²) in [5.41, 5.74) is 2.28. The number of anilines is 2. The Morgan fingerprint density at radius 1 is 1.26 bits per heavy atom. The number of hydrogen-bond donors (Lipinski definition) is 0. The lowest BCUT2D eigenvalue weighted by Gasteiger charge is -2.30. The Morgan fingerprint density at radius 2 is 2.10 bits per heavy atom.